The molecule has 3 nitrogen and oxygen atoms in total. The van der Waals surface area contributed by atoms with Gasteiger partial charge in [-0.15, -0.1) is 0 Å². The van der Waals surface area contributed by atoms with Gasteiger partial charge in [0.25, 0.3) is 0 Å². The second-order valence-electron chi connectivity index (χ2n) is 3.76. The van der Waals surface area contributed by atoms with E-state index in [4.69, 9.17) is 0 Å². The summed E-state index contributed by atoms with van der Waals surface area (Å²) in [7, 11) is 0. The van der Waals surface area contributed by atoms with Crippen molar-refractivity contribution in [3.8, 4) is 0 Å². The molecule has 0 aliphatic heterocycles. The van der Waals surface area contributed by atoms with Crippen LogP contribution in [0.1, 0.15) is 11.4 Å². The number of fused-ring (bicyclic) bond motifs is 1. The molecule has 2 aromatic heterocycles. The SMILES string of the molecule is C(=Cc1nc2ccccc2[nH]1)c1cccnc1. The fourth-order valence-electron chi connectivity index (χ4n) is 1.70. The van der Waals surface area contributed by atoms with Crippen LogP contribution in [0.4, 0.5) is 0 Å². The summed E-state index contributed by atoms with van der Waals surface area (Å²) in [6.45, 7) is 0. The largest absolute Gasteiger partial charge is 0.338 e. The maximum atomic E-state index is 4.47. The van der Waals surface area contributed by atoms with E-state index in [2.05, 4.69) is 15.0 Å². The highest BCUT2D eigenvalue weighted by Crippen LogP contribution is 2.12. The van der Waals surface area contributed by atoms with Crippen molar-refractivity contribution in [3.63, 3.8) is 0 Å². The Hall–Kier alpha value is -2.42. The van der Waals surface area contributed by atoms with Gasteiger partial charge in [-0.1, -0.05) is 18.2 Å². The summed E-state index contributed by atoms with van der Waals surface area (Å²) in [5.74, 6) is 0.857. The summed E-state index contributed by atoms with van der Waals surface area (Å²) in [4.78, 5) is 11.8. The molecule has 0 saturated heterocycles. The van der Waals surface area contributed by atoms with Crippen molar-refractivity contribution in [2.24, 2.45) is 0 Å². The molecule has 0 spiro atoms. The molecule has 0 bridgehead atoms. The van der Waals surface area contributed by atoms with Gasteiger partial charge in [0.15, 0.2) is 0 Å². The number of benzene rings is 1. The maximum Gasteiger partial charge on any atom is 0.131 e. The van der Waals surface area contributed by atoms with Crippen LogP contribution in [0.3, 0.4) is 0 Å². The van der Waals surface area contributed by atoms with Crippen molar-refractivity contribution in [3.05, 3.63) is 60.2 Å². The topological polar surface area (TPSA) is 41.6 Å². The van der Waals surface area contributed by atoms with Gasteiger partial charge < -0.3 is 4.98 Å². The molecule has 0 atom stereocenters. The van der Waals surface area contributed by atoms with Gasteiger partial charge >= 0.3 is 0 Å². The van der Waals surface area contributed by atoms with Crippen LogP contribution < -0.4 is 0 Å². The maximum absolute atomic E-state index is 4.47. The quantitative estimate of drug-likeness (QED) is 0.722. The Bertz CT molecular complexity index is 620. The zero-order valence-electron chi connectivity index (χ0n) is 9.17. The van der Waals surface area contributed by atoms with Gasteiger partial charge in [-0.3, -0.25) is 4.98 Å². The summed E-state index contributed by atoms with van der Waals surface area (Å²) in [6.07, 6.45) is 7.53. The summed E-state index contributed by atoms with van der Waals surface area (Å²) in [6, 6.07) is 11.9. The number of rotatable bonds is 2. The number of para-hydroxylation sites is 2. The molecule has 0 aliphatic carbocycles. The van der Waals surface area contributed by atoms with Gasteiger partial charge in [-0.05, 0) is 35.9 Å². The van der Waals surface area contributed by atoms with E-state index in [1.165, 1.54) is 0 Å². The average Bonchev–Trinajstić information content (AvgIpc) is 2.80. The molecule has 17 heavy (non-hydrogen) atoms. The molecule has 0 amide bonds. The third-order valence-corrected chi connectivity index (χ3v) is 2.53. The lowest BCUT2D eigenvalue weighted by molar-refractivity contribution is 1.29. The predicted molar refractivity (Wildman–Crippen MR) is 69.3 cm³/mol. The normalized spacial score (nSPS) is 11.3. The molecular weight excluding hydrogens is 210 g/mol. The molecule has 0 unspecified atom stereocenters. The zero-order chi connectivity index (χ0) is 11.5. The van der Waals surface area contributed by atoms with E-state index in [-0.39, 0.29) is 0 Å². The van der Waals surface area contributed by atoms with E-state index in [1.54, 1.807) is 6.20 Å². The van der Waals surface area contributed by atoms with Crippen LogP contribution in [-0.2, 0) is 0 Å². The molecule has 1 N–H and O–H groups in total. The second kappa shape index (κ2) is 4.22. The van der Waals surface area contributed by atoms with Crippen molar-refractivity contribution in [2.75, 3.05) is 0 Å². The minimum absolute atomic E-state index is 0.857. The minimum atomic E-state index is 0.857. The Morgan fingerprint density at radius 3 is 2.76 bits per heavy atom. The number of hydrogen-bond acceptors (Lipinski definition) is 2. The van der Waals surface area contributed by atoms with Crippen LogP contribution in [0.5, 0.6) is 0 Å². The Morgan fingerprint density at radius 2 is 1.94 bits per heavy atom. The van der Waals surface area contributed by atoms with Crippen LogP contribution in [0.2, 0.25) is 0 Å². The molecular formula is C14H11N3. The molecule has 2 heterocycles. The number of imidazole rings is 1. The highest BCUT2D eigenvalue weighted by molar-refractivity contribution is 5.78. The Morgan fingerprint density at radius 1 is 1.00 bits per heavy atom. The number of H-pyrrole nitrogens is 1. The van der Waals surface area contributed by atoms with E-state index in [0.29, 0.717) is 0 Å². The third-order valence-electron chi connectivity index (χ3n) is 2.53. The molecule has 82 valence electrons. The van der Waals surface area contributed by atoms with E-state index in [9.17, 15) is 0 Å². The van der Waals surface area contributed by atoms with Crippen molar-refractivity contribution < 1.29 is 0 Å². The Balaban J connectivity index is 1.92. The molecule has 3 rings (SSSR count). The lowest BCUT2D eigenvalue weighted by atomic mass is 10.2. The number of nitrogens with zero attached hydrogens (tertiary/aromatic N) is 2. The summed E-state index contributed by atoms with van der Waals surface area (Å²) in [5.41, 5.74) is 3.10. The molecule has 1 aromatic carbocycles. The molecule has 0 saturated carbocycles. The summed E-state index contributed by atoms with van der Waals surface area (Å²) in [5, 5.41) is 0. The lowest BCUT2D eigenvalue weighted by Crippen LogP contribution is -1.75. The van der Waals surface area contributed by atoms with Crippen molar-refractivity contribution in [2.45, 2.75) is 0 Å². The predicted octanol–water partition coefficient (Wildman–Crippen LogP) is 3.13. The molecule has 3 aromatic rings. The molecule has 3 heteroatoms. The molecule has 0 radical (unpaired) electrons. The first kappa shape index (κ1) is 9.78. The first-order valence-electron chi connectivity index (χ1n) is 5.45. The highest BCUT2D eigenvalue weighted by atomic mass is 14.9. The van der Waals surface area contributed by atoms with Crippen molar-refractivity contribution >= 4 is 23.2 Å². The van der Waals surface area contributed by atoms with Gasteiger partial charge in [0.2, 0.25) is 0 Å². The number of aromatic amines is 1. The van der Waals surface area contributed by atoms with Crippen molar-refractivity contribution in [1.82, 2.24) is 15.0 Å². The fraction of sp³-hybridized carbons (Fsp3) is 0. The molecule has 0 fully saturated rings. The van der Waals surface area contributed by atoms with E-state index in [1.807, 2.05) is 54.7 Å². The van der Waals surface area contributed by atoms with Gasteiger partial charge in [0.05, 0.1) is 11.0 Å². The second-order valence-corrected chi connectivity index (χ2v) is 3.76. The number of hydrogen-bond donors (Lipinski definition) is 1. The van der Waals surface area contributed by atoms with Crippen LogP contribution >= 0.6 is 0 Å². The van der Waals surface area contributed by atoms with Crippen LogP contribution in [0, 0.1) is 0 Å². The minimum Gasteiger partial charge on any atom is -0.338 e. The summed E-state index contributed by atoms with van der Waals surface area (Å²) < 4.78 is 0. The number of pyridine rings is 1. The zero-order valence-corrected chi connectivity index (χ0v) is 9.17. The standard InChI is InChI=1S/C14H11N3/c1-2-6-13-12(5-1)16-14(17-13)8-7-11-4-3-9-15-10-11/h1-10H,(H,16,17). The monoisotopic (exact) mass is 221 g/mol. The van der Waals surface area contributed by atoms with E-state index >= 15 is 0 Å². The number of nitrogens with one attached hydrogen (secondary N) is 1. The first-order valence-corrected chi connectivity index (χ1v) is 5.45. The highest BCUT2D eigenvalue weighted by Gasteiger charge is 1.97. The van der Waals surface area contributed by atoms with E-state index in [0.717, 1.165) is 22.4 Å². The number of aromatic nitrogens is 3. The van der Waals surface area contributed by atoms with Crippen LogP contribution in [-0.4, -0.2) is 15.0 Å². The van der Waals surface area contributed by atoms with Crippen LogP contribution in [0.15, 0.2) is 48.8 Å². The fourth-order valence-corrected chi connectivity index (χ4v) is 1.70. The third kappa shape index (κ3) is 2.08. The molecule has 0 aliphatic rings. The average molecular weight is 221 g/mol. The van der Waals surface area contributed by atoms with E-state index < -0.39 is 0 Å². The van der Waals surface area contributed by atoms with Gasteiger partial charge in [-0.2, -0.15) is 0 Å². The summed E-state index contributed by atoms with van der Waals surface area (Å²) >= 11 is 0. The Labute approximate surface area is 98.9 Å². The van der Waals surface area contributed by atoms with Gasteiger partial charge in [0.1, 0.15) is 5.82 Å². The lowest BCUT2D eigenvalue weighted by Gasteiger charge is -1.88. The van der Waals surface area contributed by atoms with Crippen LogP contribution in [0.25, 0.3) is 23.2 Å². The van der Waals surface area contributed by atoms with Gasteiger partial charge in [-0.25, -0.2) is 4.98 Å². The van der Waals surface area contributed by atoms with Crippen molar-refractivity contribution in [1.29, 1.82) is 0 Å². The smallest absolute Gasteiger partial charge is 0.131 e. The first-order chi connectivity index (χ1) is 8.42. The Kier molecular flexibility index (Phi) is 2.43. The van der Waals surface area contributed by atoms with Gasteiger partial charge in [0, 0.05) is 12.4 Å².